The van der Waals surface area contributed by atoms with Gasteiger partial charge in [0.05, 0.1) is 16.7 Å². The summed E-state index contributed by atoms with van der Waals surface area (Å²) < 4.78 is 15.6. The fraction of sp³-hybridized carbons (Fsp3) is 0. The molecule has 262 valence electrons. The largest absolute Gasteiger partial charge is 0.456 e. The molecule has 0 saturated heterocycles. The van der Waals surface area contributed by atoms with Gasteiger partial charge in [0, 0.05) is 66.6 Å². The second-order valence-corrected chi connectivity index (χ2v) is 14.5. The molecule has 0 spiro atoms. The Morgan fingerprint density at radius 1 is 0.357 bits per heavy atom. The van der Waals surface area contributed by atoms with E-state index in [4.69, 9.17) is 8.83 Å². The summed E-state index contributed by atoms with van der Waals surface area (Å²) in [7, 11) is 0. The average molecular weight is 717 g/mol. The van der Waals surface area contributed by atoms with E-state index in [1.165, 1.54) is 27.2 Å². The summed E-state index contributed by atoms with van der Waals surface area (Å²) in [6, 6.07) is 69.0. The van der Waals surface area contributed by atoms with Crippen LogP contribution in [0.2, 0.25) is 0 Å². The fourth-order valence-corrected chi connectivity index (χ4v) is 8.82. The highest BCUT2D eigenvalue weighted by Crippen LogP contribution is 2.46. The highest BCUT2D eigenvalue weighted by molar-refractivity contribution is 6.14. The Bertz CT molecular complexity index is 3440. The quantitative estimate of drug-likeness (QED) is 0.178. The van der Waals surface area contributed by atoms with Crippen molar-refractivity contribution < 1.29 is 8.83 Å². The van der Waals surface area contributed by atoms with Crippen molar-refractivity contribution in [3.05, 3.63) is 194 Å². The Balaban J connectivity index is 1.07. The zero-order chi connectivity index (χ0) is 36.7. The molecule has 9 aromatic carbocycles. The molecule has 3 heterocycles. The number of aromatic nitrogens is 1. The Kier molecular flexibility index (Phi) is 6.60. The molecule has 56 heavy (non-hydrogen) atoms. The molecule has 4 heteroatoms. The van der Waals surface area contributed by atoms with E-state index in [1.807, 2.05) is 12.1 Å². The van der Waals surface area contributed by atoms with Crippen LogP contribution in [-0.4, -0.2) is 4.57 Å². The van der Waals surface area contributed by atoms with Crippen LogP contribution < -0.4 is 4.90 Å². The Morgan fingerprint density at radius 3 is 1.75 bits per heavy atom. The zero-order valence-electron chi connectivity index (χ0n) is 30.2. The molecule has 0 amide bonds. The minimum absolute atomic E-state index is 0.847. The molecule has 0 N–H and O–H groups in total. The van der Waals surface area contributed by atoms with Gasteiger partial charge in [-0.05, 0) is 83.6 Å². The number of anilines is 3. The van der Waals surface area contributed by atoms with E-state index in [1.54, 1.807) is 0 Å². The van der Waals surface area contributed by atoms with Gasteiger partial charge in [-0.2, -0.15) is 0 Å². The number of furan rings is 2. The van der Waals surface area contributed by atoms with Crippen LogP contribution in [0.3, 0.4) is 0 Å². The van der Waals surface area contributed by atoms with Gasteiger partial charge in [-0.1, -0.05) is 115 Å². The topological polar surface area (TPSA) is 34.5 Å². The third-order valence-corrected chi connectivity index (χ3v) is 11.4. The molecule has 0 radical (unpaired) electrons. The van der Waals surface area contributed by atoms with Crippen LogP contribution in [0.15, 0.2) is 203 Å². The molecule has 0 saturated carbocycles. The first kappa shape index (κ1) is 30.9. The van der Waals surface area contributed by atoms with Gasteiger partial charge in [0.2, 0.25) is 0 Å². The van der Waals surface area contributed by atoms with Gasteiger partial charge in [-0.3, -0.25) is 0 Å². The number of para-hydroxylation sites is 5. The van der Waals surface area contributed by atoms with E-state index in [-0.39, 0.29) is 0 Å². The van der Waals surface area contributed by atoms with Gasteiger partial charge in [0.25, 0.3) is 0 Å². The number of fused-ring (bicyclic) bond motifs is 10. The molecule has 12 rings (SSSR count). The highest BCUT2D eigenvalue weighted by atomic mass is 16.3. The first-order chi connectivity index (χ1) is 27.8. The van der Waals surface area contributed by atoms with Gasteiger partial charge in [0.1, 0.15) is 22.3 Å². The Hall–Kier alpha value is -7.56. The van der Waals surface area contributed by atoms with E-state index in [9.17, 15) is 0 Å². The van der Waals surface area contributed by atoms with Crippen LogP contribution in [0.5, 0.6) is 0 Å². The molecule has 0 unspecified atom stereocenters. The minimum atomic E-state index is 0.847. The van der Waals surface area contributed by atoms with Crippen LogP contribution in [0.1, 0.15) is 0 Å². The van der Waals surface area contributed by atoms with E-state index >= 15 is 0 Å². The van der Waals surface area contributed by atoms with Crippen molar-refractivity contribution >= 4 is 93.5 Å². The Labute approximate surface area is 321 Å². The fourth-order valence-electron chi connectivity index (χ4n) is 8.82. The number of benzene rings is 9. The predicted molar refractivity (Wildman–Crippen MR) is 233 cm³/mol. The number of nitrogens with zero attached hydrogens (tertiary/aromatic N) is 2. The van der Waals surface area contributed by atoms with Crippen LogP contribution in [-0.2, 0) is 0 Å². The minimum Gasteiger partial charge on any atom is -0.456 e. The van der Waals surface area contributed by atoms with E-state index < -0.39 is 0 Å². The van der Waals surface area contributed by atoms with Crippen LogP contribution in [0, 0.1) is 0 Å². The third-order valence-electron chi connectivity index (χ3n) is 11.4. The number of hydrogen-bond donors (Lipinski definition) is 0. The van der Waals surface area contributed by atoms with Crippen LogP contribution in [0.25, 0.3) is 93.3 Å². The SMILES string of the molecule is c1ccc(N(c2ccc(-n3c4ccccc4c4ccccc43)cc2)c2ccc3c(c2)oc2ccccc23)c(-c2cccc3c2oc2cc4ccccc4cc23)c1. The number of hydrogen-bond acceptors (Lipinski definition) is 3. The first-order valence-corrected chi connectivity index (χ1v) is 19.0. The normalized spacial score (nSPS) is 11.9. The van der Waals surface area contributed by atoms with Crippen LogP contribution >= 0.6 is 0 Å². The van der Waals surface area contributed by atoms with Crippen molar-refractivity contribution in [2.75, 3.05) is 4.90 Å². The molecule has 0 bridgehead atoms. The number of rotatable bonds is 5. The molecule has 4 nitrogen and oxygen atoms in total. The second-order valence-electron chi connectivity index (χ2n) is 14.5. The molecule has 0 aliphatic rings. The molecular weight excluding hydrogens is 685 g/mol. The van der Waals surface area contributed by atoms with Crippen molar-refractivity contribution in [3.8, 4) is 16.8 Å². The summed E-state index contributed by atoms with van der Waals surface area (Å²) in [5.41, 5.74) is 12.1. The van der Waals surface area contributed by atoms with E-state index in [2.05, 4.69) is 191 Å². The molecule has 3 aromatic heterocycles. The summed E-state index contributed by atoms with van der Waals surface area (Å²) in [6.07, 6.45) is 0. The van der Waals surface area contributed by atoms with Gasteiger partial charge in [0.15, 0.2) is 0 Å². The van der Waals surface area contributed by atoms with E-state index in [0.717, 1.165) is 83.1 Å². The molecular formula is C52H32N2O2. The summed E-state index contributed by atoms with van der Waals surface area (Å²) in [6.45, 7) is 0. The predicted octanol–water partition coefficient (Wildman–Crippen LogP) is 14.9. The lowest BCUT2D eigenvalue weighted by atomic mass is 9.98. The van der Waals surface area contributed by atoms with Crippen molar-refractivity contribution in [2.45, 2.75) is 0 Å². The zero-order valence-corrected chi connectivity index (χ0v) is 30.2. The van der Waals surface area contributed by atoms with Crippen molar-refractivity contribution in [3.63, 3.8) is 0 Å². The monoisotopic (exact) mass is 716 g/mol. The maximum absolute atomic E-state index is 6.77. The molecule has 0 aliphatic heterocycles. The standard InChI is InChI=1S/C52H32N2O2/c1-2-13-34-31-50-45(30-33(34)12-1)44-19-11-18-43(52(44)56-50)40-16-5-7-20-46(40)53(37-28-29-42-41-17-6-10-23-49(41)55-51(42)32-37)35-24-26-36(27-25-35)54-47-21-8-3-14-38(47)39-15-4-9-22-48(39)54/h1-32H. The first-order valence-electron chi connectivity index (χ1n) is 19.0. The van der Waals surface area contributed by atoms with Gasteiger partial charge in [-0.15, -0.1) is 0 Å². The highest BCUT2D eigenvalue weighted by Gasteiger charge is 2.22. The summed E-state index contributed by atoms with van der Waals surface area (Å²) in [5.74, 6) is 0. The average Bonchev–Trinajstić information content (AvgIpc) is 3.92. The van der Waals surface area contributed by atoms with Crippen molar-refractivity contribution in [2.24, 2.45) is 0 Å². The summed E-state index contributed by atoms with van der Waals surface area (Å²) in [5, 5.41) is 9.28. The maximum Gasteiger partial charge on any atom is 0.143 e. The molecule has 0 aliphatic carbocycles. The lowest BCUT2D eigenvalue weighted by molar-refractivity contribution is 0.669. The van der Waals surface area contributed by atoms with Crippen LogP contribution in [0.4, 0.5) is 17.1 Å². The van der Waals surface area contributed by atoms with Crippen molar-refractivity contribution in [1.82, 2.24) is 4.57 Å². The van der Waals surface area contributed by atoms with Gasteiger partial charge in [-0.25, -0.2) is 0 Å². The second kappa shape index (κ2) is 12.0. The molecule has 0 fully saturated rings. The summed E-state index contributed by atoms with van der Waals surface area (Å²) in [4.78, 5) is 2.34. The van der Waals surface area contributed by atoms with E-state index in [0.29, 0.717) is 0 Å². The Morgan fingerprint density at radius 2 is 0.946 bits per heavy atom. The lowest BCUT2D eigenvalue weighted by Gasteiger charge is -2.28. The van der Waals surface area contributed by atoms with Gasteiger partial charge >= 0.3 is 0 Å². The molecule has 12 aromatic rings. The van der Waals surface area contributed by atoms with Gasteiger partial charge < -0.3 is 18.3 Å². The maximum atomic E-state index is 6.77. The third kappa shape index (κ3) is 4.60. The smallest absolute Gasteiger partial charge is 0.143 e. The van der Waals surface area contributed by atoms with Crippen molar-refractivity contribution in [1.29, 1.82) is 0 Å². The summed E-state index contributed by atoms with van der Waals surface area (Å²) >= 11 is 0. The lowest BCUT2D eigenvalue weighted by Crippen LogP contribution is -2.11. The molecule has 0 atom stereocenters.